The maximum absolute atomic E-state index is 12.2. The predicted octanol–water partition coefficient (Wildman–Crippen LogP) is 4.77. The van der Waals surface area contributed by atoms with Gasteiger partial charge in [0.1, 0.15) is 12.1 Å². The average molecular weight is 414 g/mol. The number of hydrogen-bond donors (Lipinski definition) is 0. The number of carbonyl (C=O) groups excluding carboxylic acids is 1. The van der Waals surface area contributed by atoms with Crippen molar-refractivity contribution in [2.24, 2.45) is 11.0 Å². The van der Waals surface area contributed by atoms with Gasteiger partial charge in [-0.25, -0.2) is 9.67 Å². The summed E-state index contributed by atoms with van der Waals surface area (Å²) in [6.45, 7) is 0. The van der Waals surface area contributed by atoms with Crippen LogP contribution >= 0.6 is 0 Å². The van der Waals surface area contributed by atoms with Crippen molar-refractivity contribution in [2.75, 3.05) is 0 Å². The largest absolute Gasteiger partial charge is 0.573 e. The lowest BCUT2D eigenvalue weighted by atomic mass is 10.1. The van der Waals surface area contributed by atoms with Gasteiger partial charge < -0.3 is 4.74 Å². The third-order valence-corrected chi connectivity index (χ3v) is 4.67. The molecule has 4 rings (SSSR count). The number of amides is 1. The van der Waals surface area contributed by atoms with E-state index in [2.05, 4.69) is 24.8 Å². The summed E-state index contributed by atoms with van der Waals surface area (Å²) in [5.41, 5.74) is 10.6. The summed E-state index contributed by atoms with van der Waals surface area (Å²) >= 11 is 0. The zero-order chi connectivity index (χ0) is 21.3. The van der Waals surface area contributed by atoms with E-state index in [0.717, 1.165) is 11.1 Å². The average Bonchev–Trinajstić information content (AvgIpc) is 3.36. The van der Waals surface area contributed by atoms with Gasteiger partial charge in [0.05, 0.1) is 5.69 Å². The molecule has 2 aromatic carbocycles. The Kier molecular flexibility index (Phi) is 4.88. The number of azide groups is 1. The third kappa shape index (κ3) is 4.26. The highest BCUT2D eigenvalue weighted by atomic mass is 19.4. The number of benzene rings is 2. The van der Waals surface area contributed by atoms with Crippen molar-refractivity contribution in [2.45, 2.75) is 18.7 Å². The monoisotopic (exact) mass is 414 g/mol. The molecule has 0 N–H and O–H groups in total. The quantitative estimate of drug-likeness (QED) is 0.340. The lowest BCUT2D eigenvalue weighted by Crippen LogP contribution is -2.17. The molecule has 1 fully saturated rings. The van der Waals surface area contributed by atoms with Crippen LogP contribution in [0.15, 0.2) is 60.0 Å². The Balaban J connectivity index is 1.45. The van der Waals surface area contributed by atoms with Gasteiger partial charge in [-0.1, -0.05) is 24.3 Å². The van der Waals surface area contributed by atoms with Crippen molar-refractivity contribution >= 4 is 5.91 Å². The van der Waals surface area contributed by atoms with E-state index < -0.39 is 12.3 Å². The van der Waals surface area contributed by atoms with Gasteiger partial charge in [-0.05, 0) is 52.8 Å². The van der Waals surface area contributed by atoms with E-state index in [9.17, 15) is 18.0 Å². The lowest BCUT2D eigenvalue weighted by molar-refractivity contribution is -0.274. The molecule has 1 aliphatic rings. The summed E-state index contributed by atoms with van der Waals surface area (Å²) in [6, 6.07) is 12.7. The van der Waals surface area contributed by atoms with E-state index in [1.807, 2.05) is 24.3 Å². The Bertz CT molecular complexity index is 1120. The van der Waals surface area contributed by atoms with E-state index >= 15 is 0 Å². The summed E-state index contributed by atoms with van der Waals surface area (Å²) in [7, 11) is 0. The van der Waals surface area contributed by atoms with Gasteiger partial charge in [0.15, 0.2) is 5.82 Å². The van der Waals surface area contributed by atoms with Gasteiger partial charge in [-0.15, -0.1) is 18.3 Å². The van der Waals surface area contributed by atoms with E-state index in [0.29, 0.717) is 17.9 Å². The van der Waals surface area contributed by atoms with Gasteiger partial charge in [0.25, 0.3) is 0 Å². The molecule has 152 valence electrons. The molecule has 1 aromatic heterocycles. The summed E-state index contributed by atoms with van der Waals surface area (Å²) in [5.74, 6) is -0.554. The summed E-state index contributed by atoms with van der Waals surface area (Å²) in [5, 5.41) is 7.48. The first kappa shape index (κ1) is 19.5. The zero-order valence-corrected chi connectivity index (χ0v) is 15.2. The molecule has 1 aliphatic carbocycles. The van der Waals surface area contributed by atoms with Crippen LogP contribution in [-0.4, -0.2) is 27.0 Å². The van der Waals surface area contributed by atoms with Crippen molar-refractivity contribution in [3.63, 3.8) is 0 Å². The first-order chi connectivity index (χ1) is 14.3. The number of ether oxygens (including phenoxy) is 1. The van der Waals surface area contributed by atoms with Crippen molar-refractivity contribution in [1.29, 1.82) is 0 Å². The number of hydrogen-bond acceptors (Lipinski definition) is 4. The molecule has 30 heavy (non-hydrogen) atoms. The second-order valence-corrected chi connectivity index (χ2v) is 6.65. The Hall–Kier alpha value is -3.85. The number of carbonyl (C=O) groups is 1. The number of rotatable bonds is 5. The SMILES string of the molecule is [N-]=[N+]=NC(=O)C1CC1c1ccc(-c2ncn(-c3ccc(OC(F)(F)F)cc3)n2)cc1. The first-order valence-electron chi connectivity index (χ1n) is 8.81. The summed E-state index contributed by atoms with van der Waals surface area (Å²) in [6.07, 6.45) is -2.64. The normalized spacial score (nSPS) is 17.8. The van der Waals surface area contributed by atoms with Crippen LogP contribution in [0, 0.1) is 5.92 Å². The molecule has 1 saturated carbocycles. The zero-order valence-electron chi connectivity index (χ0n) is 15.2. The highest BCUT2D eigenvalue weighted by molar-refractivity contribution is 5.83. The van der Waals surface area contributed by atoms with Crippen molar-refractivity contribution in [3.8, 4) is 22.8 Å². The minimum atomic E-state index is -4.75. The maximum atomic E-state index is 12.2. The van der Waals surface area contributed by atoms with Gasteiger partial charge in [-0.3, -0.25) is 4.79 Å². The molecule has 0 aliphatic heterocycles. The molecule has 1 heterocycles. The molecular formula is C19H13F3N6O2. The van der Waals surface area contributed by atoms with Crippen LogP contribution in [0.5, 0.6) is 5.75 Å². The van der Waals surface area contributed by atoms with Gasteiger partial charge in [-0.2, -0.15) is 0 Å². The number of aromatic nitrogens is 3. The highest BCUT2D eigenvalue weighted by Crippen LogP contribution is 2.48. The van der Waals surface area contributed by atoms with Crippen LogP contribution in [-0.2, 0) is 4.79 Å². The molecular weight excluding hydrogens is 401 g/mol. The standard InChI is InChI=1S/C19H13F3N6O2/c20-19(21,22)30-14-7-5-13(6-8-14)28-10-24-17(26-28)12-3-1-11(2-4-12)15-9-16(15)18(29)25-27-23/h1-8,10,15-16H,9H2. The van der Waals surface area contributed by atoms with Crippen molar-refractivity contribution in [1.82, 2.24) is 14.8 Å². The molecule has 1 amide bonds. The van der Waals surface area contributed by atoms with E-state index in [-0.39, 0.29) is 17.6 Å². The van der Waals surface area contributed by atoms with E-state index in [1.54, 1.807) is 0 Å². The number of alkyl halides is 3. The fraction of sp³-hybridized carbons (Fsp3) is 0.211. The Morgan fingerprint density at radius 2 is 1.87 bits per heavy atom. The second kappa shape index (κ2) is 7.53. The fourth-order valence-electron chi connectivity index (χ4n) is 3.15. The Labute approximate surface area is 167 Å². The van der Waals surface area contributed by atoms with E-state index in [4.69, 9.17) is 5.53 Å². The summed E-state index contributed by atoms with van der Waals surface area (Å²) in [4.78, 5) is 18.4. The van der Waals surface area contributed by atoms with Gasteiger partial charge in [0.2, 0.25) is 5.91 Å². The topological polar surface area (TPSA) is 106 Å². The van der Waals surface area contributed by atoms with Crippen LogP contribution in [0.1, 0.15) is 17.9 Å². The molecule has 2 unspecified atom stereocenters. The minimum Gasteiger partial charge on any atom is -0.406 e. The Morgan fingerprint density at radius 3 is 2.50 bits per heavy atom. The molecule has 0 bridgehead atoms. The molecule has 3 aromatic rings. The highest BCUT2D eigenvalue weighted by Gasteiger charge is 2.43. The molecule has 2 atom stereocenters. The van der Waals surface area contributed by atoms with Crippen LogP contribution < -0.4 is 4.74 Å². The smallest absolute Gasteiger partial charge is 0.406 e. The number of halogens is 3. The molecule has 0 saturated heterocycles. The molecule has 8 nitrogen and oxygen atoms in total. The fourth-order valence-corrected chi connectivity index (χ4v) is 3.15. The third-order valence-electron chi connectivity index (χ3n) is 4.67. The van der Waals surface area contributed by atoms with Crippen LogP contribution in [0.2, 0.25) is 0 Å². The first-order valence-corrected chi connectivity index (χ1v) is 8.81. The number of nitrogens with zero attached hydrogens (tertiary/aromatic N) is 6. The maximum Gasteiger partial charge on any atom is 0.573 e. The Morgan fingerprint density at radius 1 is 1.17 bits per heavy atom. The van der Waals surface area contributed by atoms with Gasteiger partial charge in [0, 0.05) is 16.4 Å². The van der Waals surface area contributed by atoms with Crippen LogP contribution in [0.4, 0.5) is 13.2 Å². The van der Waals surface area contributed by atoms with Crippen LogP contribution in [0.3, 0.4) is 0 Å². The van der Waals surface area contributed by atoms with Gasteiger partial charge >= 0.3 is 6.36 Å². The predicted molar refractivity (Wildman–Crippen MR) is 98.5 cm³/mol. The minimum absolute atomic E-state index is 0.0417. The molecule has 0 spiro atoms. The van der Waals surface area contributed by atoms with Crippen molar-refractivity contribution < 1.29 is 22.7 Å². The van der Waals surface area contributed by atoms with E-state index in [1.165, 1.54) is 35.3 Å². The van der Waals surface area contributed by atoms with Crippen LogP contribution in [0.25, 0.3) is 27.5 Å². The second-order valence-electron chi connectivity index (χ2n) is 6.65. The molecule has 0 radical (unpaired) electrons. The lowest BCUT2D eigenvalue weighted by Gasteiger charge is -2.09. The molecule has 11 heteroatoms. The summed E-state index contributed by atoms with van der Waals surface area (Å²) < 4.78 is 42.0. The van der Waals surface area contributed by atoms with Crippen molar-refractivity contribution in [3.05, 3.63) is 70.9 Å².